The quantitative estimate of drug-likeness (QED) is 0.728. The van der Waals surface area contributed by atoms with Crippen molar-refractivity contribution in [1.82, 2.24) is 15.0 Å². The molecular formula is C13H8F3N3. The molecule has 0 aliphatic rings. The van der Waals surface area contributed by atoms with Crippen LogP contribution < -0.4 is 0 Å². The van der Waals surface area contributed by atoms with Crippen molar-refractivity contribution < 1.29 is 13.2 Å². The van der Waals surface area contributed by atoms with Gasteiger partial charge >= 0.3 is 6.18 Å². The van der Waals surface area contributed by atoms with Gasteiger partial charge in [0.1, 0.15) is 11.5 Å². The average molecular weight is 263 g/mol. The van der Waals surface area contributed by atoms with E-state index in [0.717, 1.165) is 17.1 Å². The molecule has 96 valence electrons. The van der Waals surface area contributed by atoms with Gasteiger partial charge < -0.3 is 4.98 Å². The summed E-state index contributed by atoms with van der Waals surface area (Å²) in [6.07, 6.45) is -3.26. The number of nitrogens with zero attached hydrogens (tertiary/aromatic N) is 2. The molecule has 2 heterocycles. The monoisotopic (exact) mass is 263 g/mol. The number of aromatic nitrogens is 3. The van der Waals surface area contributed by atoms with Gasteiger partial charge in [0.15, 0.2) is 0 Å². The summed E-state index contributed by atoms with van der Waals surface area (Å²) in [5, 5.41) is 0. The third-order valence-corrected chi connectivity index (χ3v) is 2.72. The van der Waals surface area contributed by atoms with E-state index in [0.29, 0.717) is 11.4 Å². The first-order valence-corrected chi connectivity index (χ1v) is 5.52. The first-order valence-electron chi connectivity index (χ1n) is 5.52. The summed E-state index contributed by atoms with van der Waals surface area (Å²) in [6.45, 7) is 0. The Hall–Kier alpha value is -2.37. The van der Waals surface area contributed by atoms with Gasteiger partial charge in [0.25, 0.3) is 0 Å². The Morgan fingerprint density at radius 1 is 1.00 bits per heavy atom. The van der Waals surface area contributed by atoms with E-state index in [4.69, 9.17) is 0 Å². The molecule has 0 saturated heterocycles. The van der Waals surface area contributed by atoms with Crippen LogP contribution in [0, 0.1) is 0 Å². The summed E-state index contributed by atoms with van der Waals surface area (Å²) in [4.78, 5) is 10.7. The van der Waals surface area contributed by atoms with Crippen molar-refractivity contribution in [2.24, 2.45) is 0 Å². The van der Waals surface area contributed by atoms with E-state index in [-0.39, 0.29) is 0 Å². The number of imidazole rings is 1. The van der Waals surface area contributed by atoms with Gasteiger partial charge in [-0.25, -0.2) is 4.98 Å². The molecule has 0 atom stereocenters. The fourth-order valence-electron chi connectivity index (χ4n) is 1.79. The van der Waals surface area contributed by atoms with Gasteiger partial charge in [-0.05, 0) is 24.3 Å². The number of para-hydroxylation sites is 2. The molecule has 0 fully saturated rings. The zero-order chi connectivity index (χ0) is 13.5. The minimum absolute atomic E-state index is 0.502. The van der Waals surface area contributed by atoms with E-state index >= 15 is 0 Å². The molecule has 0 spiro atoms. The summed E-state index contributed by atoms with van der Waals surface area (Å²) in [6, 6.07) is 9.68. The molecule has 0 aliphatic heterocycles. The maximum atomic E-state index is 12.4. The van der Waals surface area contributed by atoms with Crippen molar-refractivity contribution in [1.29, 1.82) is 0 Å². The van der Waals surface area contributed by atoms with Crippen LogP contribution in [0.4, 0.5) is 13.2 Å². The molecule has 0 unspecified atom stereocenters. The number of nitrogens with one attached hydrogen (secondary N) is 1. The first-order chi connectivity index (χ1) is 9.04. The number of hydrogen-bond donors (Lipinski definition) is 1. The minimum atomic E-state index is -4.42. The highest BCUT2D eigenvalue weighted by Crippen LogP contribution is 2.28. The molecule has 0 amide bonds. The normalized spacial score (nSPS) is 11.9. The average Bonchev–Trinajstić information content (AvgIpc) is 2.81. The van der Waals surface area contributed by atoms with E-state index in [1.54, 1.807) is 0 Å². The van der Waals surface area contributed by atoms with Gasteiger partial charge in [-0.15, -0.1) is 0 Å². The highest BCUT2D eigenvalue weighted by molar-refractivity contribution is 5.79. The van der Waals surface area contributed by atoms with Crippen molar-refractivity contribution >= 4 is 11.0 Å². The van der Waals surface area contributed by atoms with Crippen LogP contribution in [-0.4, -0.2) is 15.0 Å². The predicted octanol–water partition coefficient (Wildman–Crippen LogP) is 3.64. The number of aromatic amines is 1. The molecule has 0 bridgehead atoms. The Morgan fingerprint density at radius 3 is 2.42 bits per heavy atom. The SMILES string of the molecule is FC(F)(F)c1ccc(-c2nc3ccccc3[nH]2)cn1. The lowest BCUT2D eigenvalue weighted by Gasteiger charge is -2.05. The van der Waals surface area contributed by atoms with Crippen LogP contribution in [0.15, 0.2) is 42.6 Å². The van der Waals surface area contributed by atoms with Gasteiger partial charge in [0.2, 0.25) is 0 Å². The molecule has 19 heavy (non-hydrogen) atoms. The molecule has 1 aromatic carbocycles. The number of rotatable bonds is 1. The molecule has 3 nitrogen and oxygen atoms in total. The zero-order valence-corrected chi connectivity index (χ0v) is 9.57. The second-order valence-corrected chi connectivity index (χ2v) is 4.03. The summed E-state index contributed by atoms with van der Waals surface area (Å²) in [5.41, 5.74) is 1.20. The lowest BCUT2D eigenvalue weighted by Crippen LogP contribution is -2.07. The van der Waals surface area contributed by atoms with Crippen molar-refractivity contribution in [3.8, 4) is 11.4 Å². The van der Waals surface area contributed by atoms with Crippen LogP contribution >= 0.6 is 0 Å². The minimum Gasteiger partial charge on any atom is -0.338 e. The van der Waals surface area contributed by atoms with E-state index in [2.05, 4.69) is 15.0 Å². The molecule has 0 saturated carbocycles. The van der Waals surface area contributed by atoms with E-state index in [1.807, 2.05) is 24.3 Å². The van der Waals surface area contributed by atoms with Gasteiger partial charge in [-0.1, -0.05) is 12.1 Å². The maximum absolute atomic E-state index is 12.4. The van der Waals surface area contributed by atoms with Crippen LogP contribution in [0.25, 0.3) is 22.4 Å². The van der Waals surface area contributed by atoms with Gasteiger partial charge in [-0.3, -0.25) is 4.98 Å². The van der Waals surface area contributed by atoms with E-state index < -0.39 is 11.9 Å². The predicted molar refractivity (Wildman–Crippen MR) is 64.3 cm³/mol. The molecule has 6 heteroatoms. The van der Waals surface area contributed by atoms with Crippen molar-refractivity contribution in [3.63, 3.8) is 0 Å². The molecule has 3 rings (SSSR count). The molecule has 2 aromatic heterocycles. The van der Waals surface area contributed by atoms with Crippen molar-refractivity contribution in [3.05, 3.63) is 48.3 Å². The number of fused-ring (bicyclic) bond motifs is 1. The van der Waals surface area contributed by atoms with Crippen LogP contribution in [0.1, 0.15) is 5.69 Å². The largest absolute Gasteiger partial charge is 0.433 e. The number of H-pyrrole nitrogens is 1. The second-order valence-electron chi connectivity index (χ2n) is 4.03. The Balaban J connectivity index is 2.02. The van der Waals surface area contributed by atoms with Crippen molar-refractivity contribution in [2.75, 3.05) is 0 Å². The molecule has 1 N–H and O–H groups in total. The molecular weight excluding hydrogens is 255 g/mol. The number of halogens is 3. The van der Waals surface area contributed by atoms with Gasteiger partial charge in [0, 0.05) is 11.8 Å². The van der Waals surface area contributed by atoms with Crippen LogP contribution in [0.3, 0.4) is 0 Å². The maximum Gasteiger partial charge on any atom is 0.433 e. The Labute approximate surface area is 106 Å². The Morgan fingerprint density at radius 2 is 1.79 bits per heavy atom. The standard InChI is InChI=1S/C13H8F3N3/c14-13(15,16)11-6-5-8(7-17-11)12-18-9-3-1-2-4-10(9)19-12/h1-7H,(H,18,19). The topological polar surface area (TPSA) is 41.6 Å². The third-order valence-electron chi connectivity index (χ3n) is 2.72. The third kappa shape index (κ3) is 2.16. The molecule has 0 aliphatic carbocycles. The summed E-state index contributed by atoms with van der Waals surface area (Å²) in [5.74, 6) is 0.502. The summed E-state index contributed by atoms with van der Waals surface area (Å²) in [7, 11) is 0. The van der Waals surface area contributed by atoms with Crippen molar-refractivity contribution in [2.45, 2.75) is 6.18 Å². The molecule has 0 radical (unpaired) electrons. The smallest absolute Gasteiger partial charge is 0.338 e. The second kappa shape index (κ2) is 4.08. The van der Waals surface area contributed by atoms with E-state index in [1.165, 1.54) is 12.3 Å². The first kappa shape index (κ1) is 11.7. The lowest BCUT2D eigenvalue weighted by molar-refractivity contribution is -0.141. The van der Waals surface area contributed by atoms with Crippen LogP contribution in [0.2, 0.25) is 0 Å². The van der Waals surface area contributed by atoms with Gasteiger partial charge in [0.05, 0.1) is 11.0 Å². The summed E-state index contributed by atoms with van der Waals surface area (Å²) >= 11 is 0. The number of hydrogen-bond acceptors (Lipinski definition) is 2. The fourth-order valence-corrected chi connectivity index (χ4v) is 1.79. The number of benzene rings is 1. The number of pyridine rings is 1. The van der Waals surface area contributed by atoms with Gasteiger partial charge in [-0.2, -0.15) is 13.2 Å². The van der Waals surface area contributed by atoms with E-state index in [9.17, 15) is 13.2 Å². The highest BCUT2D eigenvalue weighted by atomic mass is 19.4. The fraction of sp³-hybridized carbons (Fsp3) is 0.0769. The van der Waals surface area contributed by atoms with Crippen LogP contribution in [-0.2, 0) is 6.18 Å². The molecule has 3 aromatic rings. The Bertz CT molecular complexity index is 681. The summed E-state index contributed by atoms with van der Waals surface area (Å²) < 4.78 is 37.2. The number of alkyl halides is 3. The zero-order valence-electron chi connectivity index (χ0n) is 9.57. The van der Waals surface area contributed by atoms with Crippen LogP contribution in [0.5, 0.6) is 0 Å². The lowest BCUT2D eigenvalue weighted by atomic mass is 10.2. The Kier molecular flexibility index (Phi) is 2.51. The highest BCUT2D eigenvalue weighted by Gasteiger charge is 2.32.